The van der Waals surface area contributed by atoms with Gasteiger partial charge in [0.2, 0.25) is 0 Å². The molecule has 84 valence electrons. The van der Waals surface area contributed by atoms with Crippen molar-refractivity contribution >= 4 is 5.82 Å². The largest absolute Gasteiger partial charge is 0.391 e. The number of H-pyrrole nitrogens is 1. The van der Waals surface area contributed by atoms with Crippen LogP contribution in [0.2, 0.25) is 0 Å². The van der Waals surface area contributed by atoms with Crippen molar-refractivity contribution in [1.82, 2.24) is 9.97 Å². The minimum Gasteiger partial charge on any atom is -0.391 e. The van der Waals surface area contributed by atoms with Gasteiger partial charge in [0.25, 0.3) is 5.56 Å². The van der Waals surface area contributed by atoms with Gasteiger partial charge in [0.1, 0.15) is 5.82 Å². The lowest BCUT2D eigenvalue weighted by atomic mass is 10.2. The molecule has 3 N–H and O–H groups in total. The molecule has 0 saturated carbocycles. The topological polar surface area (TPSA) is 87.2 Å². The molecule has 0 spiro atoms. The highest BCUT2D eigenvalue weighted by Crippen LogP contribution is 1.97. The van der Waals surface area contributed by atoms with Crippen LogP contribution >= 0.6 is 0 Å². The summed E-state index contributed by atoms with van der Waals surface area (Å²) in [5.74, 6) is 0.503. The molecule has 0 aromatic carbocycles. The Labute approximate surface area is 87.3 Å². The van der Waals surface area contributed by atoms with E-state index in [2.05, 4.69) is 15.3 Å². The smallest absolute Gasteiger partial charge is 0.252 e. The number of ether oxygens (including phenoxy) is 1. The Kier molecular flexibility index (Phi) is 4.79. The summed E-state index contributed by atoms with van der Waals surface area (Å²) in [4.78, 5) is 17.2. The molecule has 0 aliphatic carbocycles. The van der Waals surface area contributed by atoms with E-state index in [1.54, 1.807) is 0 Å². The second-order valence-corrected chi connectivity index (χ2v) is 3.12. The standard InChI is InChI=1S/C9H15N3O3/c1-15-5-7(13)2-3-10-8-4-9(14)12-6-11-8/h4,6-7,13H,2-3,5H2,1H3,(H2,10,11,12,14). The van der Waals surface area contributed by atoms with Crippen molar-refractivity contribution in [3.8, 4) is 0 Å². The van der Waals surface area contributed by atoms with Gasteiger partial charge in [-0.05, 0) is 6.42 Å². The van der Waals surface area contributed by atoms with Crippen LogP contribution in [-0.4, -0.2) is 41.4 Å². The first-order valence-electron chi connectivity index (χ1n) is 4.68. The molecule has 6 nitrogen and oxygen atoms in total. The Bertz CT molecular complexity index is 339. The van der Waals surface area contributed by atoms with Crippen LogP contribution in [0.4, 0.5) is 5.82 Å². The molecule has 1 aromatic rings. The zero-order chi connectivity index (χ0) is 11.1. The van der Waals surface area contributed by atoms with Gasteiger partial charge in [-0.1, -0.05) is 0 Å². The van der Waals surface area contributed by atoms with E-state index in [0.29, 0.717) is 25.4 Å². The van der Waals surface area contributed by atoms with Crippen LogP contribution in [0.25, 0.3) is 0 Å². The van der Waals surface area contributed by atoms with Crippen LogP contribution in [0, 0.1) is 0 Å². The number of nitrogens with one attached hydrogen (secondary N) is 2. The number of rotatable bonds is 6. The summed E-state index contributed by atoms with van der Waals surface area (Å²) >= 11 is 0. The molecule has 0 fully saturated rings. The lowest BCUT2D eigenvalue weighted by Crippen LogP contribution is -2.19. The van der Waals surface area contributed by atoms with Crippen molar-refractivity contribution in [2.75, 3.05) is 25.6 Å². The fraction of sp³-hybridized carbons (Fsp3) is 0.556. The predicted octanol–water partition coefficient (Wildman–Crippen LogP) is -0.421. The van der Waals surface area contributed by atoms with Gasteiger partial charge in [-0.2, -0.15) is 0 Å². The third-order valence-electron chi connectivity index (χ3n) is 1.82. The van der Waals surface area contributed by atoms with Gasteiger partial charge in [0.15, 0.2) is 0 Å². The third kappa shape index (κ3) is 4.57. The van der Waals surface area contributed by atoms with E-state index in [1.807, 2.05) is 0 Å². The number of anilines is 1. The zero-order valence-corrected chi connectivity index (χ0v) is 8.56. The van der Waals surface area contributed by atoms with Crippen molar-refractivity contribution in [2.45, 2.75) is 12.5 Å². The summed E-state index contributed by atoms with van der Waals surface area (Å²) in [5.41, 5.74) is -0.204. The van der Waals surface area contributed by atoms with Crippen molar-refractivity contribution in [1.29, 1.82) is 0 Å². The fourth-order valence-corrected chi connectivity index (χ4v) is 1.11. The zero-order valence-electron chi connectivity index (χ0n) is 8.56. The number of nitrogens with zero attached hydrogens (tertiary/aromatic N) is 1. The summed E-state index contributed by atoms with van der Waals surface area (Å²) in [6, 6.07) is 1.36. The van der Waals surface area contributed by atoms with Crippen LogP contribution in [0.5, 0.6) is 0 Å². The lowest BCUT2D eigenvalue weighted by Gasteiger charge is -2.09. The molecule has 1 heterocycles. The minimum absolute atomic E-state index is 0.204. The quantitative estimate of drug-likeness (QED) is 0.597. The number of aliphatic hydroxyl groups is 1. The SMILES string of the molecule is COCC(O)CCNc1cc(=O)[nH]cn1. The maximum atomic E-state index is 10.9. The van der Waals surface area contributed by atoms with E-state index in [9.17, 15) is 9.90 Å². The molecule has 0 bridgehead atoms. The summed E-state index contributed by atoms with van der Waals surface area (Å²) < 4.78 is 4.78. The Morgan fingerprint density at radius 1 is 1.73 bits per heavy atom. The summed E-state index contributed by atoms with van der Waals surface area (Å²) in [7, 11) is 1.54. The van der Waals surface area contributed by atoms with E-state index < -0.39 is 6.10 Å². The molecule has 0 amide bonds. The molecule has 0 saturated heterocycles. The van der Waals surface area contributed by atoms with Crippen LogP contribution in [-0.2, 0) is 4.74 Å². The predicted molar refractivity (Wildman–Crippen MR) is 55.8 cm³/mol. The molecule has 15 heavy (non-hydrogen) atoms. The van der Waals surface area contributed by atoms with Crippen molar-refractivity contribution < 1.29 is 9.84 Å². The van der Waals surface area contributed by atoms with Gasteiger partial charge >= 0.3 is 0 Å². The van der Waals surface area contributed by atoms with Gasteiger partial charge in [0.05, 0.1) is 19.0 Å². The minimum atomic E-state index is -0.496. The number of aromatic nitrogens is 2. The molecular weight excluding hydrogens is 198 g/mol. The summed E-state index contributed by atoms with van der Waals surface area (Å²) in [5, 5.41) is 12.3. The Morgan fingerprint density at radius 2 is 2.53 bits per heavy atom. The summed E-state index contributed by atoms with van der Waals surface area (Å²) in [6.45, 7) is 0.853. The molecule has 1 rings (SSSR count). The average molecular weight is 213 g/mol. The molecule has 6 heteroatoms. The summed E-state index contributed by atoms with van der Waals surface area (Å²) in [6.07, 6.45) is 1.38. The van der Waals surface area contributed by atoms with Gasteiger partial charge < -0.3 is 20.1 Å². The Balaban J connectivity index is 2.28. The van der Waals surface area contributed by atoms with Crippen molar-refractivity contribution in [3.63, 3.8) is 0 Å². The molecule has 0 aliphatic rings. The monoisotopic (exact) mass is 213 g/mol. The average Bonchev–Trinajstić information content (AvgIpc) is 2.18. The highest BCUT2D eigenvalue weighted by molar-refractivity contribution is 5.31. The molecule has 1 unspecified atom stereocenters. The molecular formula is C9H15N3O3. The molecule has 1 atom stereocenters. The van der Waals surface area contributed by atoms with E-state index in [0.717, 1.165) is 0 Å². The second-order valence-electron chi connectivity index (χ2n) is 3.12. The second kappa shape index (κ2) is 6.15. The molecule has 0 aliphatic heterocycles. The number of methoxy groups -OCH3 is 1. The van der Waals surface area contributed by atoms with Crippen LogP contribution < -0.4 is 10.9 Å². The van der Waals surface area contributed by atoms with E-state index in [1.165, 1.54) is 19.5 Å². The highest BCUT2D eigenvalue weighted by Gasteiger charge is 2.02. The van der Waals surface area contributed by atoms with E-state index >= 15 is 0 Å². The van der Waals surface area contributed by atoms with Gasteiger partial charge in [-0.25, -0.2) is 4.98 Å². The van der Waals surface area contributed by atoms with Crippen LogP contribution in [0.3, 0.4) is 0 Å². The van der Waals surface area contributed by atoms with Gasteiger partial charge in [0, 0.05) is 19.7 Å². The van der Waals surface area contributed by atoms with E-state index in [4.69, 9.17) is 4.74 Å². The lowest BCUT2D eigenvalue weighted by molar-refractivity contribution is 0.0615. The first kappa shape index (κ1) is 11.7. The normalized spacial score (nSPS) is 12.4. The Hall–Kier alpha value is -1.40. The van der Waals surface area contributed by atoms with Gasteiger partial charge in [-0.15, -0.1) is 0 Å². The maximum absolute atomic E-state index is 10.9. The molecule has 0 radical (unpaired) electrons. The van der Waals surface area contributed by atoms with Crippen LogP contribution in [0.1, 0.15) is 6.42 Å². The first-order valence-corrected chi connectivity index (χ1v) is 4.68. The van der Waals surface area contributed by atoms with Crippen LogP contribution in [0.15, 0.2) is 17.2 Å². The third-order valence-corrected chi connectivity index (χ3v) is 1.82. The number of hydrogen-bond donors (Lipinski definition) is 3. The van der Waals surface area contributed by atoms with Gasteiger partial charge in [-0.3, -0.25) is 4.79 Å². The Morgan fingerprint density at radius 3 is 3.20 bits per heavy atom. The highest BCUT2D eigenvalue weighted by atomic mass is 16.5. The van der Waals surface area contributed by atoms with Crippen molar-refractivity contribution in [3.05, 3.63) is 22.7 Å². The molecule has 1 aromatic heterocycles. The number of aliphatic hydroxyl groups excluding tert-OH is 1. The number of aromatic amines is 1. The van der Waals surface area contributed by atoms with Crippen molar-refractivity contribution in [2.24, 2.45) is 0 Å². The van der Waals surface area contributed by atoms with E-state index in [-0.39, 0.29) is 5.56 Å². The first-order chi connectivity index (χ1) is 7.22. The maximum Gasteiger partial charge on any atom is 0.252 e. The number of hydrogen-bond acceptors (Lipinski definition) is 5. The fourth-order valence-electron chi connectivity index (χ4n) is 1.11.